The van der Waals surface area contributed by atoms with E-state index in [4.69, 9.17) is 0 Å². The Balaban J connectivity index is 5.03. The van der Waals surface area contributed by atoms with E-state index in [1.165, 1.54) is 5.82 Å². The fourth-order valence-corrected chi connectivity index (χ4v) is 2.33. The van der Waals surface area contributed by atoms with E-state index in [0.29, 0.717) is 0 Å². The predicted octanol–water partition coefficient (Wildman–Crippen LogP) is 3.09. The van der Waals surface area contributed by atoms with Gasteiger partial charge >= 0.3 is 0 Å². The van der Waals surface area contributed by atoms with Crippen molar-refractivity contribution in [2.24, 2.45) is 0 Å². The maximum absolute atomic E-state index is 4.58. The summed E-state index contributed by atoms with van der Waals surface area (Å²) in [5.41, 5.74) is 0. The first-order valence-electron chi connectivity index (χ1n) is 5.63. The van der Waals surface area contributed by atoms with Gasteiger partial charge in [0.05, 0.1) is 4.24 Å². The molecule has 0 aromatic rings. The molecule has 0 aliphatic heterocycles. The Morgan fingerprint density at radius 2 is 1.27 bits per heavy atom. The summed E-state index contributed by atoms with van der Waals surface area (Å²) < 4.78 is 1.11. The SMILES string of the molecule is CCN(CC)C(=C(S)SC)N(CC)CC. The van der Waals surface area contributed by atoms with Gasteiger partial charge in [0, 0.05) is 26.2 Å². The van der Waals surface area contributed by atoms with E-state index in [0.717, 1.165) is 30.4 Å². The van der Waals surface area contributed by atoms with Crippen molar-refractivity contribution >= 4 is 24.4 Å². The largest absolute Gasteiger partial charge is 0.357 e. The second kappa shape index (κ2) is 8.22. The van der Waals surface area contributed by atoms with Crippen molar-refractivity contribution in [3.8, 4) is 0 Å². The highest BCUT2D eigenvalue weighted by Gasteiger charge is 2.15. The Labute approximate surface area is 104 Å². The van der Waals surface area contributed by atoms with Crippen LogP contribution in [0.2, 0.25) is 0 Å². The van der Waals surface area contributed by atoms with Crippen molar-refractivity contribution in [2.75, 3.05) is 32.4 Å². The van der Waals surface area contributed by atoms with Crippen LogP contribution in [0.1, 0.15) is 27.7 Å². The minimum absolute atomic E-state index is 1.03. The van der Waals surface area contributed by atoms with Gasteiger partial charge in [-0.15, -0.1) is 24.4 Å². The summed E-state index contributed by atoms with van der Waals surface area (Å²) in [6.45, 7) is 12.9. The fraction of sp³-hybridized carbons (Fsp3) is 0.818. The summed E-state index contributed by atoms with van der Waals surface area (Å²) >= 11 is 6.29. The van der Waals surface area contributed by atoms with Crippen LogP contribution < -0.4 is 0 Å². The normalized spacial score (nSPS) is 10.0. The molecule has 0 radical (unpaired) electrons. The van der Waals surface area contributed by atoms with Gasteiger partial charge in [-0.25, -0.2) is 0 Å². The third-order valence-corrected chi connectivity index (χ3v) is 3.83. The average molecular weight is 248 g/mol. The van der Waals surface area contributed by atoms with E-state index in [2.05, 4.69) is 56.4 Å². The van der Waals surface area contributed by atoms with E-state index in [1.54, 1.807) is 11.8 Å². The Bertz CT molecular complexity index is 183. The first-order valence-corrected chi connectivity index (χ1v) is 7.30. The number of hydrogen-bond donors (Lipinski definition) is 1. The maximum Gasteiger partial charge on any atom is 0.124 e. The Morgan fingerprint density at radius 3 is 1.47 bits per heavy atom. The van der Waals surface area contributed by atoms with Crippen molar-refractivity contribution < 1.29 is 0 Å². The molecule has 0 saturated heterocycles. The number of rotatable bonds is 7. The minimum atomic E-state index is 1.03. The molecule has 15 heavy (non-hydrogen) atoms. The molecule has 0 saturated carbocycles. The molecule has 90 valence electrons. The molecule has 2 nitrogen and oxygen atoms in total. The highest BCUT2D eigenvalue weighted by molar-refractivity contribution is 8.15. The highest BCUT2D eigenvalue weighted by atomic mass is 32.2. The predicted molar refractivity (Wildman–Crippen MR) is 75.4 cm³/mol. The second-order valence-corrected chi connectivity index (χ2v) is 4.74. The molecule has 0 aliphatic rings. The zero-order valence-corrected chi connectivity index (χ0v) is 12.3. The van der Waals surface area contributed by atoms with Gasteiger partial charge in [-0.05, 0) is 34.0 Å². The lowest BCUT2D eigenvalue weighted by atomic mass is 10.4. The molecule has 0 unspecified atom stereocenters. The first-order chi connectivity index (χ1) is 7.15. The van der Waals surface area contributed by atoms with E-state index >= 15 is 0 Å². The molecule has 0 spiro atoms. The lowest BCUT2D eigenvalue weighted by Gasteiger charge is -2.34. The quantitative estimate of drug-likeness (QED) is 0.692. The van der Waals surface area contributed by atoms with Gasteiger partial charge in [0.2, 0.25) is 0 Å². The van der Waals surface area contributed by atoms with Crippen molar-refractivity contribution in [3.05, 3.63) is 10.1 Å². The average Bonchev–Trinajstić information content (AvgIpc) is 2.28. The van der Waals surface area contributed by atoms with Crippen molar-refractivity contribution in [3.63, 3.8) is 0 Å². The van der Waals surface area contributed by atoms with E-state index in [1.807, 2.05) is 0 Å². The van der Waals surface area contributed by atoms with Gasteiger partial charge in [0.25, 0.3) is 0 Å². The lowest BCUT2D eigenvalue weighted by molar-refractivity contribution is 0.235. The minimum Gasteiger partial charge on any atom is -0.357 e. The number of nitrogens with zero attached hydrogens (tertiary/aromatic N) is 2. The Hall–Kier alpha value is 0.0400. The van der Waals surface area contributed by atoms with Crippen LogP contribution in [0.4, 0.5) is 0 Å². The van der Waals surface area contributed by atoms with Gasteiger partial charge in [0.1, 0.15) is 5.82 Å². The van der Waals surface area contributed by atoms with Crippen LogP contribution in [-0.2, 0) is 0 Å². The van der Waals surface area contributed by atoms with Gasteiger partial charge in [-0.3, -0.25) is 0 Å². The van der Waals surface area contributed by atoms with Crippen molar-refractivity contribution in [2.45, 2.75) is 27.7 Å². The van der Waals surface area contributed by atoms with E-state index < -0.39 is 0 Å². The Kier molecular flexibility index (Phi) is 8.24. The summed E-state index contributed by atoms with van der Waals surface area (Å²) in [6.07, 6.45) is 2.08. The van der Waals surface area contributed by atoms with Gasteiger partial charge < -0.3 is 9.80 Å². The van der Waals surface area contributed by atoms with Crippen LogP contribution in [0, 0.1) is 0 Å². The smallest absolute Gasteiger partial charge is 0.124 e. The van der Waals surface area contributed by atoms with Crippen LogP contribution in [-0.4, -0.2) is 42.2 Å². The monoisotopic (exact) mass is 248 g/mol. The molecule has 0 heterocycles. The fourth-order valence-electron chi connectivity index (χ4n) is 1.61. The van der Waals surface area contributed by atoms with Gasteiger partial charge in [-0.1, -0.05) is 0 Å². The number of hydrogen-bond acceptors (Lipinski definition) is 4. The molecule has 0 fully saturated rings. The summed E-state index contributed by atoms with van der Waals surface area (Å²) in [5.74, 6) is 1.28. The third-order valence-electron chi connectivity index (χ3n) is 2.51. The van der Waals surface area contributed by atoms with Crippen LogP contribution in [0.3, 0.4) is 0 Å². The molecule has 0 bridgehead atoms. The third kappa shape index (κ3) is 4.19. The summed E-state index contributed by atoms with van der Waals surface area (Å²) in [6, 6.07) is 0. The van der Waals surface area contributed by atoms with E-state index in [9.17, 15) is 0 Å². The van der Waals surface area contributed by atoms with E-state index in [-0.39, 0.29) is 0 Å². The topological polar surface area (TPSA) is 6.48 Å². The summed E-state index contributed by atoms with van der Waals surface area (Å²) in [5, 5.41) is 0. The Morgan fingerprint density at radius 1 is 0.933 bits per heavy atom. The van der Waals surface area contributed by atoms with Crippen molar-refractivity contribution in [1.82, 2.24) is 9.80 Å². The maximum atomic E-state index is 4.58. The highest BCUT2D eigenvalue weighted by Crippen LogP contribution is 2.25. The number of thiol groups is 1. The lowest BCUT2D eigenvalue weighted by Crippen LogP contribution is -2.35. The molecular formula is C11H24N2S2. The van der Waals surface area contributed by atoms with Crippen LogP contribution in [0.5, 0.6) is 0 Å². The first kappa shape index (κ1) is 15.0. The molecule has 0 N–H and O–H groups in total. The molecular weight excluding hydrogens is 224 g/mol. The standard InChI is InChI=1S/C11H24N2S2/c1-6-12(7-2)10(11(14)15-5)13(8-3)9-4/h14H,6-9H2,1-5H3. The molecule has 0 aliphatic carbocycles. The van der Waals surface area contributed by atoms with Crippen LogP contribution in [0.25, 0.3) is 0 Å². The molecule has 0 aromatic heterocycles. The zero-order valence-electron chi connectivity index (χ0n) is 10.6. The second-order valence-electron chi connectivity index (χ2n) is 3.18. The van der Waals surface area contributed by atoms with Crippen LogP contribution in [0.15, 0.2) is 10.1 Å². The summed E-state index contributed by atoms with van der Waals surface area (Å²) in [7, 11) is 0. The molecule has 4 heteroatoms. The van der Waals surface area contributed by atoms with Crippen molar-refractivity contribution in [1.29, 1.82) is 0 Å². The molecule has 0 rings (SSSR count). The number of thioether (sulfide) groups is 1. The molecule has 0 aromatic carbocycles. The van der Waals surface area contributed by atoms with Gasteiger partial charge in [-0.2, -0.15) is 0 Å². The zero-order chi connectivity index (χ0) is 11.8. The molecule has 0 atom stereocenters. The summed E-state index contributed by atoms with van der Waals surface area (Å²) in [4.78, 5) is 4.73. The van der Waals surface area contributed by atoms with Crippen LogP contribution >= 0.6 is 24.4 Å². The van der Waals surface area contributed by atoms with Gasteiger partial charge in [0.15, 0.2) is 0 Å². The molecule has 0 amide bonds.